The molecule has 0 aliphatic heterocycles. The number of carbonyl (C=O) groups excluding carboxylic acids is 1. The number of pyridine rings is 2. The van der Waals surface area contributed by atoms with Crippen LogP contribution in [0.2, 0.25) is 0 Å². The van der Waals surface area contributed by atoms with Crippen LogP contribution in [0.15, 0.2) is 77.7 Å². The van der Waals surface area contributed by atoms with Gasteiger partial charge >= 0.3 is 0 Å². The third-order valence-electron chi connectivity index (χ3n) is 4.91. The predicted molar refractivity (Wildman–Crippen MR) is 117 cm³/mol. The Balaban J connectivity index is 1.69. The number of nitrogens with zero attached hydrogens (tertiary/aromatic N) is 2. The Kier molecular flexibility index (Phi) is 5.30. The molecule has 2 aromatic heterocycles. The highest BCUT2D eigenvalue weighted by molar-refractivity contribution is 6.06. The number of hydrogen-bond acceptors (Lipinski definition) is 4. The summed E-state index contributed by atoms with van der Waals surface area (Å²) >= 11 is 0. The summed E-state index contributed by atoms with van der Waals surface area (Å²) in [5.41, 5.74) is 2.94. The monoisotopic (exact) mass is 399 g/mol. The van der Waals surface area contributed by atoms with Crippen LogP contribution in [0.4, 0.5) is 5.69 Å². The van der Waals surface area contributed by atoms with Crippen LogP contribution < -0.4 is 15.6 Å². The van der Waals surface area contributed by atoms with E-state index in [0.29, 0.717) is 40.1 Å². The maximum atomic E-state index is 13.0. The molecule has 2 heterocycles. The van der Waals surface area contributed by atoms with Crippen molar-refractivity contribution in [3.05, 3.63) is 100 Å². The Bertz CT molecular complexity index is 1280. The van der Waals surface area contributed by atoms with E-state index in [2.05, 4.69) is 10.3 Å². The SMILES string of the molecule is COc1cccc(NC(=O)c2cc3c(=O)n(Cc4ccccc4)ccc3nc2C)c1. The molecule has 2 aromatic carbocycles. The van der Waals surface area contributed by atoms with E-state index in [1.54, 1.807) is 61.2 Å². The standard InChI is InChI=1S/C24H21N3O3/c1-16-20(23(28)26-18-9-6-10-19(13-18)30-2)14-21-22(25-16)11-12-27(24(21)29)15-17-7-4-3-5-8-17/h3-14H,15H2,1-2H3,(H,26,28). The zero-order valence-electron chi connectivity index (χ0n) is 16.8. The highest BCUT2D eigenvalue weighted by atomic mass is 16.5. The summed E-state index contributed by atoms with van der Waals surface area (Å²) in [6, 6.07) is 20.3. The van der Waals surface area contributed by atoms with E-state index >= 15 is 0 Å². The Labute approximate surface area is 173 Å². The van der Waals surface area contributed by atoms with Crippen molar-refractivity contribution in [1.29, 1.82) is 0 Å². The Morgan fingerprint density at radius 2 is 1.87 bits per heavy atom. The number of carbonyl (C=O) groups is 1. The number of ether oxygens (including phenoxy) is 1. The molecular formula is C24H21N3O3. The minimum absolute atomic E-state index is 0.181. The quantitative estimate of drug-likeness (QED) is 0.550. The number of hydrogen-bond donors (Lipinski definition) is 1. The Morgan fingerprint density at radius 1 is 1.07 bits per heavy atom. The molecule has 0 aliphatic rings. The molecule has 0 saturated heterocycles. The van der Waals surface area contributed by atoms with Crippen molar-refractivity contribution in [2.75, 3.05) is 12.4 Å². The first-order chi connectivity index (χ1) is 14.5. The third kappa shape index (κ3) is 3.93. The van der Waals surface area contributed by atoms with Crippen molar-refractivity contribution in [2.24, 2.45) is 0 Å². The average molecular weight is 399 g/mol. The molecular weight excluding hydrogens is 378 g/mol. The second kappa shape index (κ2) is 8.21. The number of fused-ring (bicyclic) bond motifs is 1. The maximum Gasteiger partial charge on any atom is 0.260 e. The normalized spacial score (nSPS) is 10.7. The summed E-state index contributed by atoms with van der Waals surface area (Å²) in [7, 11) is 1.57. The van der Waals surface area contributed by atoms with Gasteiger partial charge in [0.15, 0.2) is 0 Å². The average Bonchev–Trinajstić information content (AvgIpc) is 2.76. The highest BCUT2D eigenvalue weighted by Gasteiger charge is 2.15. The minimum atomic E-state index is -0.326. The van der Waals surface area contributed by atoms with E-state index in [1.165, 1.54) is 0 Å². The van der Waals surface area contributed by atoms with Crippen molar-refractivity contribution in [3.8, 4) is 5.75 Å². The molecule has 0 atom stereocenters. The van der Waals surface area contributed by atoms with Gasteiger partial charge in [0.05, 0.1) is 35.8 Å². The minimum Gasteiger partial charge on any atom is -0.497 e. The molecule has 4 rings (SSSR count). The van der Waals surface area contributed by atoms with Crippen molar-refractivity contribution >= 4 is 22.5 Å². The summed E-state index contributed by atoms with van der Waals surface area (Å²) in [6.45, 7) is 2.21. The number of aromatic nitrogens is 2. The maximum absolute atomic E-state index is 13.0. The molecule has 30 heavy (non-hydrogen) atoms. The zero-order chi connectivity index (χ0) is 21.1. The molecule has 6 nitrogen and oxygen atoms in total. The fourth-order valence-electron chi connectivity index (χ4n) is 3.34. The molecule has 150 valence electrons. The lowest BCUT2D eigenvalue weighted by Crippen LogP contribution is -2.22. The van der Waals surface area contributed by atoms with Gasteiger partial charge in [0.25, 0.3) is 11.5 Å². The number of aryl methyl sites for hydroxylation is 1. The van der Waals surface area contributed by atoms with E-state index in [9.17, 15) is 9.59 Å². The van der Waals surface area contributed by atoms with Gasteiger partial charge in [-0.15, -0.1) is 0 Å². The number of amides is 1. The van der Waals surface area contributed by atoms with Gasteiger partial charge in [-0.05, 0) is 36.8 Å². The molecule has 0 bridgehead atoms. The second-order valence-electron chi connectivity index (χ2n) is 6.97. The van der Waals surface area contributed by atoms with Crippen molar-refractivity contribution < 1.29 is 9.53 Å². The zero-order valence-corrected chi connectivity index (χ0v) is 16.8. The topological polar surface area (TPSA) is 73.2 Å². The Morgan fingerprint density at radius 3 is 2.63 bits per heavy atom. The molecule has 0 spiro atoms. The predicted octanol–water partition coefficient (Wildman–Crippen LogP) is 4.01. The molecule has 0 radical (unpaired) electrons. The van der Waals surface area contributed by atoms with E-state index in [1.807, 2.05) is 30.3 Å². The molecule has 0 fully saturated rings. The largest absolute Gasteiger partial charge is 0.497 e. The van der Waals surface area contributed by atoms with Gasteiger partial charge in [-0.1, -0.05) is 36.4 Å². The van der Waals surface area contributed by atoms with Gasteiger partial charge in [-0.25, -0.2) is 0 Å². The van der Waals surface area contributed by atoms with E-state index in [-0.39, 0.29) is 11.5 Å². The second-order valence-corrected chi connectivity index (χ2v) is 6.97. The molecule has 0 aliphatic carbocycles. The van der Waals surface area contributed by atoms with Gasteiger partial charge in [0.1, 0.15) is 5.75 Å². The lowest BCUT2D eigenvalue weighted by molar-refractivity contribution is 0.102. The van der Waals surface area contributed by atoms with Gasteiger partial charge in [-0.2, -0.15) is 0 Å². The van der Waals surface area contributed by atoms with Gasteiger partial charge in [0, 0.05) is 18.0 Å². The summed E-state index contributed by atoms with van der Waals surface area (Å²) in [4.78, 5) is 30.4. The van der Waals surface area contributed by atoms with Crippen molar-refractivity contribution in [1.82, 2.24) is 9.55 Å². The van der Waals surface area contributed by atoms with E-state index in [0.717, 1.165) is 5.56 Å². The van der Waals surface area contributed by atoms with Gasteiger partial charge in [-0.3, -0.25) is 14.6 Å². The van der Waals surface area contributed by atoms with Crippen LogP contribution in [0.5, 0.6) is 5.75 Å². The molecule has 6 heteroatoms. The first-order valence-corrected chi connectivity index (χ1v) is 9.55. The van der Waals surface area contributed by atoms with Crippen LogP contribution in [0.3, 0.4) is 0 Å². The third-order valence-corrected chi connectivity index (χ3v) is 4.91. The van der Waals surface area contributed by atoms with Gasteiger partial charge < -0.3 is 14.6 Å². The van der Waals surface area contributed by atoms with Crippen LogP contribution in [-0.2, 0) is 6.54 Å². The van der Waals surface area contributed by atoms with Crippen LogP contribution >= 0.6 is 0 Å². The summed E-state index contributed by atoms with van der Waals surface area (Å²) in [6.07, 6.45) is 1.74. The fourth-order valence-corrected chi connectivity index (χ4v) is 3.34. The molecule has 0 saturated carbocycles. The summed E-state index contributed by atoms with van der Waals surface area (Å²) < 4.78 is 6.82. The Hall–Kier alpha value is -3.93. The van der Waals surface area contributed by atoms with Crippen LogP contribution in [0, 0.1) is 6.92 Å². The van der Waals surface area contributed by atoms with E-state index in [4.69, 9.17) is 4.74 Å². The summed E-state index contributed by atoms with van der Waals surface area (Å²) in [5.74, 6) is 0.318. The first kappa shape index (κ1) is 19.4. The van der Waals surface area contributed by atoms with Crippen LogP contribution in [-0.4, -0.2) is 22.6 Å². The summed E-state index contributed by atoms with van der Waals surface area (Å²) in [5, 5.41) is 3.26. The number of rotatable bonds is 5. The van der Waals surface area contributed by atoms with E-state index < -0.39 is 0 Å². The molecule has 1 N–H and O–H groups in total. The molecule has 0 unspecified atom stereocenters. The van der Waals surface area contributed by atoms with Crippen molar-refractivity contribution in [3.63, 3.8) is 0 Å². The number of nitrogens with one attached hydrogen (secondary N) is 1. The number of methoxy groups -OCH3 is 1. The number of benzene rings is 2. The van der Waals surface area contributed by atoms with Gasteiger partial charge in [0.2, 0.25) is 0 Å². The molecule has 1 amide bonds. The van der Waals surface area contributed by atoms with Crippen molar-refractivity contribution in [2.45, 2.75) is 13.5 Å². The fraction of sp³-hybridized carbons (Fsp3) is 0.125. The molecule has 4 aromatic rings. The smallest absolute Gasteiger partial charge is 0.260 e. The van der Waals surface area contributed by atoms with Crippen LogP contribution in [0.25, 0.3) is 10.9 Å². The number of anilines is 1. The lowest BCUT2D eigenvalue weighted by Gasteiger charge is -2.11. The lowest BCUT2D eigenvalue weighted by atomic mass is 10.1. The highest BCUT2D eigenvalue weighted by Crippen LogP contribution is 2.19. The van der Waals surface area contributed by atoms with Crippen LogP contribution in [0.1, 0.15) is 21.6 Å². The first-order valence-electron chi connectivity index (χ1n) is 9.55.